The van der Waals surface area contributed by atoms with Crippen LogP contribution in [0.5, 0.6) is 0 Å². The number of aromatic carboxylic acids is 1. The number of nitrogens with two attached hydrogens (primary N) is 1. The summed E-state index contributed by atoms with van der Waals surface area (Å²) in [6, 6.07) is 1.56. The Morgan fingerprint density at radius 2 is 2.20 bits per heavy atom. The van der Waals surface area contributed by atoms with Crippen molar-refractivity contribution in [1.29, 1.82) is 0 Å². The first-order valence-corrected chi connectivity index (χ1v) is 4.39. The molecule has 0 radical (unpaired) electrons. The molecule has 1 saturated carbocycles. The zero-order chi connectivity index (χ0) is 11.3. The number of anilines is 1. The van der Waals surface area contributed by atoms with Gasteiger partial charge in [-0.1, -0.05) is 5.18 Å². The maximum atomic E-state index is 10.3. The maximum Gasteiger partial charge on any atom is 0.337 e. The summed E-state index contributed by atoms with van der Waals surface area (Å²) < 4.78 is 0. The third-order valence-electron chi connectivity index (χ3n) is 1.70. The minimum atomic E-state index is -1.01. The van der Waals surface area contributed by atoms with Crippen LogP contribution < -0.4 is 5.73 Å². The highest BCUT2D eigenvalue weighted by molar-refractivity contribution is 5.88. The molecule has 0 spiro atoms. The minimum absolute atomic E-state index is 0.111. The molecule has 2 rings (SSSR count). The zero-order valence-corrected chi connectivity index (χ0v) is 7.96. The number of aromatic nitrogens is 1. The Labute approximate surface area is 86.1 Å². The van der Waals surface area contributed by atoms with E-state index in [2.05, 4.69) is 10.2 Å². The van der Waals surface area contributed by atoms with E-state index in [1.807, 2.05) is 0 Å². The van der Waals surface area contributed by atoms with Gasteiger partial charge in [-0.2, -0.15) is 4.91 Å². The molecule has 0 unspecified atom stereocenters. The van der Waals surface area contributed by atoms with Crippen molar-refractivity contribution in [2.75, 3.05) is 5.73 Å². The first-order valence-electron chi connectivity index (χ1n) is 4.39. The van der Waals surface area contributed by atoms with Crippen LogP contribution in [-0.4, -0.2) is 22.1 Å². The largest absolute Gasteiger partial charge is 0.478 e. The first-order chi connectivity index (χ1) is 7.13. The summed E-state index contributed by atoms with van der Waals surface area (Å²) in [6.07, 6.45) is 4.71. The van der Waals surface area contributed by atoms with Gasteiger partial charge in [0.1, 0.15) is 0 Å². The Balaban J connectivity index is 0.000000187. The maximum absolute atomic E-state index is 10.3. The van der Waals surface area contributed by atoms with Crippen molar-refractivity contribution in [3.8, 4) is 0 Å². The van der Waals surface area contributed by atoms with Gasteiger partial charge in [0.05, 0.1) is 17.3 Å². The van der Waals surface area contributed by atoms with Gasteiger partial charge in [0.15, 0.2) is 0 Å². The fourth-order valence-corrected chi connectivity index (χ4v) is 0.755. The summed E-state index contributed by atoms with van der Waals surface area (Å²) in [6.45, 7) is 0. The van der Waals surface area contributed by atoms with Gasteiger partial charge in [0, 0.05) is 12.4 Å². The topological polar surface area (TPSA) is 106 Å². The normalized spacial score (nSPS) is 13.6. The van der Waals surface area contributed by atoms with Crippen LogP contribution >= 0.6 is 0 Å². The summed E-state index contributed by atoms with van der Waals surface area (Å²) in [7, 11) is 0. The van der Waals surface area contributed by atoms with Crippen LogP contribution in [0.3, 0.4) is 0 Å². The molecule has 1 fully saturated rings. The van der Waals surface area contributed by atoms with E-state index in [1.165, 1.54) is 18.5 Å². The highest BCUT2D eigenvalue weighted by Gasteiger charge is 2.21. The number of rotatable bonds is 2. The second-order valence-corrected chi connectivity index (χ2v) is 3.15. The van der Waals surface area contributed by atoms with Gasteiger partial charge in [0.25, 0.3) is 0 Å². The molecule has 0 atom stereocenters. The molecule has 1 aliphatic rings. The van der Waals surface area contributed by atoms with Crippen molar-refractivity contribution in [2.45, 2.75) is 18.9 Å². The molecule has 3 N–H and O–H groups in total. The van der Waals surface area contributed by atoms with Crippen molar-refractivity contribution in [3.05, 3.63) is 28.9 Å². The van der Waals surface area contributed by atoms with Gasteiger partial charge in [-0.05, 0) is 18.9 Å². The molecule has 0 bridgehead atoms. The van der Waals surface area contributed by atoms with E-state index >= 15 is 0 Å². The molecule has 0 saturated heterocycles. The third-order valence-corrected chi connectivity index (χ3v) is 1.70. The van der Waals surface area contributed by atoms with Crippen molar-refractivity contribution >= 4 is 11.7 Å². The van der Waals surface area contributed by atoms with Crippen LogP contribution in [0.2, 0.25) is 0 Å². The fourth-order valence-electron chi connectivity index (χ4n) is 0.755. The molecule has 0 aromatic carbocycles. The van der Waals surface area contributed by atoms with Crippen molar-refractivity contribution in [2.24, 2.45) is 5.18 Å². The molecule has 0 amide bonds. The summed E-state index contributed by atoms with van der Waals surface area (Å²) >= 11 is 0. The molecule has 80 valence electrons. The molecular formula is C9H11N3O3. The predicted octanol–water partition coefficient (Wildman–Crippen LogP) is 1.28. The van der Waals surface area contributed by atoms with Gasteiger partial charge in [-0.3, -0.25) is 4.98 Å². The number of hydrogen-bond donors (Lipinski definition) is 2. The summed E-state index contributed by atoms with van der Waals surface area (Å²) in [4.78, 5) is 23.2. The highest BCUT2D eigenvalue weighted by Crippen LogP contribution is 2.22. The van der Waals surface area contributed by atoms with Crippen LogP contribution in [0, 0.1) is 4.91 Å². The monoisotopic (exact) mass is 209 g/mol. The lowest BCUT2D eigenvalue weighted by molar-refractivity contribution is 0.0696. The van der Waals surface area contributed by atoms with Crippen molar-refractivity contribution in [3.63, 3.8) is 0 Å². The lowest BCUT2D eigenvalue weighted by atomic mass is 10.3. The van der Waals surface area contributed by atoms with Crippen LogP contribution in [0.15, 0.2) is 23.6 Å². The van der Waals surface area contributed by atoms with Gasteiger partial charge >= 0.3 is 5.97 Å². The number of nitroso groups, excluding NO2 is 1. The first kappa shape index (κ1) is 11.1. The fraction of sp³-hybridized carbons (Fsp3) is 0.333. The number of carboxylic acid groups (broad SMARTS) is 1. The standard InChI is InChI=1S/C6H6N2O2.C3H5NO/c7-5-1-4(6(9)10)2-8-3-5;5-4-3-1-2-3/h1-3H,7H2,(H,9,10);3H,1-2H2. The molecule has 1 aliphatic carbocycles. The van der Waals surface area contributed by atoms with E-state index in [0.717, 1.165) is 12.8 Å². The second kappa shape index (κ2) is 5.04. The molecular weight excluding hydrogens is 198 g/mol. The number of nitrogens with zero attached hydrogens (tertiary/aromatic N) is 2. The SMILES string of the molecule is Nc1cncc(C(=O)O)c1.O=NC1CC1. The molecule has 1 aromatic heterocycles. The smallest absolute Gasteiger partial charge is 0.337 e. The number of pyridine rings is 1. The van der Waals surface area contributed by atoms with Crippen molar-refractivity contribution < 1.29 is 9.90 Å². The quantitative estimate of drug-likeness (QED) is 0.713. The average Bonchev–Trinajstić information content (AvgIpc) is 3.01. The van der Waals surface area contributed by atoms with Gasteiger partial charge in [-0.15, -0.1) is 0 Å². The average molecular weight is 209 g/mol. The van der Waals surface area contributed by atoms with E-state index in [-0.39, 0.29) is 11.6 Å². The predicted molar refractivity (Wildman–Crippen MR) is 54.4 cm³/mol. The van der Waals surface area contributed by atoms with Crippen LogP contribution in [0.25, 0.3) is 0 Å². The van der Waals surface area contributed by atoms with E-state index in [9.17, 15) is 9.70 Å². The zero-order valence-electron chi connectivity index (χ0n) is 7.96. The lowest BCUT2D eigenvalue weighted by Gasteiger charge is -1.92. The Morgan fingerprint density at radius 3 is 2.47 bits per heavy atom. The molecule has 6 heteroatoms. The van der Waals surface area contributed by atoms with E-state index in [4.69, 9.17) is 10.8 Å². The number of nitrogen functional groups attached to an aromatic ring is 1. The minimum Gasteiger partial charge on any atom is -0.478 e. The van der Waals surface area contributed by atoms with E-state index in [1.54, 1.807) is 0 Å². The van der Waals surface area contributed by atoms with Crippen LogP contribution in [-0.2, 0) is 0 Å². The number of hydrogen-bond acceptors (Lipinski definition) is 5. The summed E-state index contributed by atoms with van der Waals surface area (Å²) in [5.74, 6) is -1.01. The Hall–Kier alpha value is -1.98. The van der Waals surface area contributed by atoms with Gasteiger partial charge < -0.3 is 10.8 Å². The number of carbonyl (C=O) groups is 1. The molecule has 1 aromatic rings. The van der Waals surface area contributed by atoms with Gasteiger partial charge in [0.2, 0.25) is 0 Å². The second-order valence-electron chi connectivity index (χ2n) is 3.15. The Kier molecular flexibility index (Phi) is 3.73. The molecule has 0 aliphatic heterocycles. The van der Waals surface area contributed by atoms with E-state index in [0.29, 0.717) is 5.69 Å². The molecule has 6 nitrogen and oxygen atoms in total. The van der Waals surface area contributed by atoms with Crippen molar-refractivity contribution in [1.82, 2.24) is 4.98 Å². The Morgan fingerprint density at radius 1 is 1.53 bits per heavy atom. The van der Waals surface area contributed by atoms with E-state index < -0.39 is 5.97 Å². The molecule has 1 heterocycles. The van der Waals surface area contributed by atoms with Crippen LogP contribution in [0.4, 0.5) is 5.69 Å². The van der Waals surface area contributed by atoms with Crippen LogP contribution in [0.1, 0.15) is 23.2 Å². The highest BCUT2D eigenvalue weighted by atomic mass is 16.4. The summed E-state index contributed by atoms with van der Waals surface area (Å²) in [5, 5.41) is 11.2. The van der Waals surface area contributed by atoms with Gasteiger partial charge in [-0.25, -0.2) is 4.79 Å². The summed E-state index contributed by atoms with van der Waals surface area (Å²) in [5.41, 5.74) is 5.74. The third kappa shape index (κ3) is 4.17. The lowest BCUT2D eigenvalue weighted by Crippen LogP contribution is -1.98. The Bertz CT molecular complexity index is 363. The number of carboxylic acids is 1. The molecule has 15 heavy (non-hydrogen) atoms.